The van der Waals surface area contributed by atoms with Crippen LogP contribution >= 0.6 is 11.8 Å². The van der Waals surface area contributed by atoms with Crippen LogP contribution in [0.1, 0.15) is 12.0 Å². The van der Waals surface area contributed by atoms with Crippen molar-refractivity contribution >= 4 is 11.8 Å². The molecule has 0 saturated carbocycles. The first-order valence-corrected chi connectivity index (χ1v) is 6.09. The van der Waals surface area contributed by atoms with E-state index in [4.69, 9.17) is 0 Å². The van der Waals surface area contributed by atoms with E-state index in [-0.39, 0.29) is 29.7 Å². The standard InChI is InChI=1S/C11H11F6NS/c12-10(13,14)5-6-18-7-8-1-3-9(4-2-8)19-11(15,16)17/h1-4,18H,5-7H2. The molecule has 1 N–H and O–H groups in total. The molecule has 0 aliphatic heterocycles. The maximum atomic E-state index is 12.0. The minimum Gasteiger partial charge on any atom is -0.312 e. The van der Waals surface area contributed by atoms with Crippen molar-refractivity contribution in [1.29, 1.82) is 0 Å². The summed E-state index contributed by atoms with van der Waals surface area (Å²) < 4.78 is 71.7. The zero-order valence-corrected chi connectivity index (χ0v) is 10.4. The van der Waals surface area contributed by atoms with Gasteiger partial charge in [0.2, 0.25) is 0 Å². The Morgan fingerprint density at radius 2 is 1.53 bits per heavy atom. The molecule has 0 aromatic heterocycles. The van der Waals surface area contributed by atoms with Gasteiger partial charge in [0.15, 0.2) is 0 Å². The van der Waals surface area contributed by atoms with Crippen LogP contribution in [0.15, 0.2) is 29.2 Å². The van der Waals surface area contributed by atoms with Crippen LogP contribution in [0.4, 0.5) is 26.3 Å². The van der Waals surface area contributed by atoms with E-state index in [1.165, 1.54) is 24.3 Å². The van der Waals surface area contributed by atoms with Crippen LogP contribution in [0.2, 0.25) is 0 Å². The van der Waals surface area contributed by atoms with Crippen molar-refractivity contribution in [2.75, 3.05) is 6.54 Å². The molecule has 0 spiro atoms. The van der Waals surface area contributed by atoms with Crippen LogP contribution in [0.25, 0.3) is 0 Å². The third kappa shape index (κ3) is 7.99. The highest BCUT2D eigenvalue weighted by molar-refractivity contribution is 8.00. The van der Waals surface area contributed by atoms with Gasteiger partial charge in [0.1, 0.15) is 0 Å². The third-order valence-electron chi connectivity index (χ3n) is 2.07. The van der Waals surface area contributed by atoms with E-state index >= 15 is 0 Å². The second-order valence-corrected chi connectivity index (χ2v) is 4.87. The molecule has 8 heteroatoms. The number of thioether (sulfide) groups is 1. The maximum absolute atomic E-state index is 12.0. The van der Waals surface area contributed by atoms with Crippen molar-refractivity contribution in [3.63, 3.8) is 0 Å². The zero-order chi connectivity index (χ0) is 14.5. The summed E-state index contributed by atoms with van der Waals surface area (Å²) in [6.45, 7) is -0.0321. The summed E-state index contributed by atoms with van der Waals surface area (Å²) in [7, 11) is 0. The topological polar surface area (TPSA) is 12.0 Å². The zero-order valence-electron chi connectivity index (χ0n) is 9.61. The minimum atomic E-state index is -4.34. The average molecular weight is 303 g/mol. The largest absolute Gasteiger partial charge is 0.446 e. The Bertz CT molecular complexity index is 384. The fourth-order valence-electron chi connectivity index (χ4n) is 1.27. The number of alkyl halides is 6. The lowest BCUT2D eigenvalue weighted by Gasteiger charge is -2.09. The van der Waals surface area contributed by atoms with Gasteiger partial charge in [0.05, 0.1) is 6.42 Å². The summed E-state index contributed by atoms with van der Waals surface area (Å²) in [6, 6.07) is 5.49. The predicted octanol–water partition coefficient (Wildman–Crippen LogP) is 4.34. The van der Waals surface area contributed by atoms with Crippen molar-refractivity contribution in [1.82, 2.24) is 5.32 Å². The van der Waals surface area contributed by atoms with Gasteiger partial charge in [0.25, 0.3) is 0 Å². The summed E-state index contributed by atoms with van der Waals surface area (Å²) in [5, 5.41) is 2.58. The summed E-state index contributed by atoms with van der Waals surface area (Å²) >= 11 is -0.228. The predicted molar refractivity (Wildman–Crippen MR) is 60.7 cm³/mol. The molecule has 1 aromatic carbocycles. The number of hydrogen-bond acceptors (Lipinski definition) is 2. The quantitative estimate of drug-likeness (QED) is 0.493. The SMILES string of the molecule is FC(F)(F)CCNCc1ccc(SC(F)(F)F)cc1. The normalized spacial score (nSPS) is 12.7. The second kappa shape index (κ2) is 6.51. The molecule has 19 heavy (non-hydrogen) atoms. The van der Waals surface area contributed by atoms with E-state index in [2.05, 4.69) is 5.32 Å². The van der Waals surface area contributed by atoms with Crippen molar-refractivity contribution in [3.05, 3.63) is 29.8 Å². The first-order valence-electron chi connectivity index (χ1n) is 5.28. The fourth-order valence-corrected chi connectivity index (χ4v) is 1.81. The second-order valence-electron chi connectivity index (χ2n) is 3.73. The van der Waals surface area contributed by atoms with Crippen molar-refractivity contribution < 1.29 is 26.3 Å². The Balaban J connectivity index is 2.36. The molecule has 1 nitrogen and oxygen atoms in total. The van der Waals surface area contributed by atoms with Gasteiger partial charge in [-0.1, -0.05) is 12.1 Å². The van der Waals surface area contributed by atoms with Gasteiger partial charge < -0.3 is 5.32 Å². The number of halogens is 6. The molecule has 0 aliphatic rings. The molecule has 0 heterocycles. The van der Waals surface area contributed by atoms with Crippen LogP contribution in [0.3, 0.4) is 0 Å². The van der Waals surface area contributed by atoms with E-state index in [1.54, 1.807) is 0 Å². The highest BCUT2D eigenvalue weighted by Crippen LogP contribution is 2.36. The van der Waals surface area contributed by atoms with Gasteiger partial charge in [-0.3, -0.25) is 0 Å². The van der Waals surface area contributed by atoms with E-state index in [9.17, 15) is 26.3 Å². The summed E-state index contributed by atoms with van der Waals surface area (Å²) in [5.74, 6) is 0. The number of rotatable bonds is 5. The molecule has 1 rings (SSSR count). The lowest BCUT2D eigenvalue weighted by molar-refractivity contribution is -0.133. The highest BCUT2D eigenvalue weighted by Gasteiger charge is 2.29. The summed E-state index contributed by atoms with van der Waals surface area (Å²) in [4.78, 5) is 0.0477. The summed E-state index contributed by atoms with van der Waals surface area (Å²) in [5.41, 5.74) is -3.71. The number of benzene rings is 1. The molecule has 0 atom stereocenters. The minimum absolute atomic E-state index is 0.0477. The Kier molecular flexibility index (Phi) is 5.54. The van der Waals surface area contributed by atoms with Gasteiger partial charge in [-0.05, 0) is 29.5 Å². The van der Waals surface area contributed by atoms with Crippen LogP contribution < -0.4 is 5.32 Å². The van der Waals surface area contributed by atoms with Gasteiger partial charge >= 0.3 is 11.7 Å². The molecular formula is C11H11F6NS. The smallest absolute Gasteiger partial charge is 0.312 e. The Labute approximate surface area is 110 Å². The highest BCUT2D eigenvalue weighted by atomic mass is 32.2. The first kappa shape index (κ1) is 16.2. The van der Waals surface area contributed by atoms with Crippen LogP contribution in [0.5, 0.6) is 0 Å². The summed E-state index contributed by atoms with van der Waals surface area (Å²) in [6.07, 6.45) is -5.14. The molecule has 0 saturated heterocycles. The van der Waals surface area contributed by atoms with Crippen molar-refractivity contribution in [3.8, 4) is 0 Å². The molecule has 1 aromatic rings. The molecule has 0 bridgehead atoms. The third-order valence-corrected chi connectivity index (χ3v) is 2.81. The molecule has 0 unspecified atom stereocenters. The van der Waals surface area contributed by atoms with Crippen LogP contribution in [0, 0.1) is 0 Å². The van der Waals surface area contributed by atoms with E-state index < -0.39 is 18.1 Å². The molecule has 0 radical (unpaired) electrons. The van der Waals surface area contributed by atoms with Crippen molar-refractivity contribution in [2.24, 2.45) is 0 Å². The Morgan fingerprint density at radius 3 is 2.00 bits per heavy atom. The molecule has 0 aliphatic carbocycles. The van der Waals surface area contributed by atoms with Crippen molar-refractivity contribution in [2.45, 2.75) is 29.5 Å². The number of nitrogens with one attached hydrogen (secondary N) is 1. The maximum Gasteiger partial charge on any atom is 0.446 e. The average Bonchev–Trinajstić information content (AvgIpc) is 2.23. The Morgan fingerprint density at radius 1 is 0.947 bits per heavy atom. The first-order chi connectivity index (χ1) is 8.66. The monoisotopic (exact) mass is 303 g/mol. The van der Waals surface area contributed by atoms with Crippen LogP contribution in [-0.4, -0.2) is 18.2 Å². The van der Waals surface area contributed by atoms with Crippen LogP contribution in [-0.2, 0) is 6.54 Å². The van der Waals surface area contributed by atoms with E-state index in [0.29, 0.717) is 5.56 Å². The Hall–Kier alpha value is -0.890. The lowest BCUT2D eigenvalue weighted by Crippen LogP contribution is -2.21. The van der Waals surface area contributed by atoms with E-state index in [1.807, 2.05) is 0 Å². The fraction of sp³-hybridized carbons (Fsp3) is 0.455. The van der Waals surface area contributed by atoms with Gasteiger partial charge in [-0.15, -0.1) is 0 Å². The number of hydrogen-bond donors (Lipinski definition) is 1. The molecule has 108 valence electrons. The van der Waals surface area contributed by atoms with Gasteiger partial charge in [0, 0.05) is 18.0 Å². The molecular weight excluding hydrogens is 292 g/mol. The van der Waals surface area contributed by atoms with Gasteiger partial charge in [-0.2, -0.15) is 26.3 Å². The van der Waals surface area contributed by atoms with E-state index in [0.717, 1.165) is 0 Å². The molecule has 0 amide bonds. The molecule has 0 fully saturated rings. The van der Waals surface area contributed by atoms with Gasteiger partial charge in [-0.25, -0.2) is 0 Å². The lowest BCUT2D eigenvalue weighted by atomic mass is 10.2.